The van der Waals surface area contributed by atoms with Gasteiger partial charge in [-0.15, -0.1) is 11.6 Å². The summed E-state index contributed by atoms with van der Waals surface area (Å²) in [6.45, 7) is 3.89. The number of aromatic nitrogens is 3. The summed E-state index contributed by atoms with van der Waals surface area (Å²) in [6.07, 6.45) is 1.69. The molecule has 0 radical (unpaired) electrons. The van der Waals surface area contributed by atoms with E-state index in [1.54, 1.807) is 10.9 Å². The Morgan fingerprint density at radius 2 is 2.18 bits per heavy atom. The molecule has 0 aliphatic rings. The molecule has 0 saturated heterocycles. The molecule has 0 aliphatic heterocycles. The fraction of sp³-hybridized carbons (Fsp3) is 0.333. The minimum atomic E-state index is 0.377. The van der Waals surface area contributed by atoms with E-state index in [1.807, 2.05) is 33.0 Å². The van der Waals surface area contributed by atoms with E-state index in [1.165, 1.54) is 0 Å². The van der Waals surface area contributed by atoms with Gasteiger partial charge in [0.1, 0.15) is 11.4 Å². The van der Waals surface area contributed by atoms with Crippen LogP contribution in [-0.2, 0) is 12.9 Å². The normalized spacial score (nSPS) is 10.6. The molecule has 0 amide bonds. The lowest BCUT2D eigenvalue weighted by Gasteiger charge is -2.06. The van der Waals surface area contributed by atoms with Crippen LogP contribution in [0.2, 0.25) is 0 Å². The molecule has 2 aromatic rings. The van der Waals surface area contributed by atoms with Crippen molar-refractivity contribution in [1.82, 2.24) is 14.8 Å². The number of hydrogen-bond acceptors (Lipinski definition) is 3. The summed E-state index contributed by atoms with van der Waals surface area (Å²) in [4.78, 5) is 4.12. The van der Waals surface area contributed by atoms with Crippen molar-refractivity contribution in [3.05, 3.63) is 35.4 Å². The van der Waals surface area contributed by atoms with Crippen molar-refractivity contribution in [2.24, 2.45) is 7.05 Å². The summed E-state index contributed by atoms with van der Waals surface area (Å²) >= 11 is 5.73. The van der Waals surface area contributed by atoms with Gasteiger partial charge in [0.05, 0.1) is 17.3 Å². The highest BCUT2D eigenvalue weighted by molar-refractivity contribution is 6.16. The molecule has 2 aromatic heterocycles. The first-order valence-corrected chi connectivity index (χ1v) is 5.84. The van der Waals surface area contributed by atoms with E-state index >= 15 is 0 Å². The van der Waals surface area contributed by atoms with Crippen molar-refractivity contribution < 1.29 is 4.74 Å². The third-order valence-electron chi connectivity index (χ3n) is 2.59. The molecule has 2 rings (SSSR count). The van der Waals surface area contributed by atoms with Gasteiger partial charge in [0.15, 0.2) is 5.75 Å². The molecule has 4 nitrogen and oxygen atoms in total. The minimum Gasteiger partial charge on any atom is -0.453 e. The van der Waals surface area contributed by atoms with Crippen LogP contribution in [0, 0.1) is 13.8 Å². The zero-order chi connectivity index (χ0) is 12.4. The number of ether oxygens (including phenoxy) is 1. The first-order valence-electron chi connectivity index (χ1n) is 5.30. The monoisotopic (exact) mass is 251 g/mol. The fourth-order valence-corrected chi connectivity index (χ4v) is 1.76. The van der Waals surface area contributed by atoms with Crippen LogP contribution >= 0.6 is 11.6 Å². The number of rotatable bonds is 3. The topological polar surface area (TPSA) is 39.9 Å². The summed E-state index contributed by atoms with van der Waals surface area (Å²) < 4.78 is 7.62. The Morgan fingerprint density at radius 1 is 1.41 bits per heavy atom. The SMILES string of the molecule is Cc1nn(C)c(C)c1Oc1ccnc(CCl)c1. The Morgan fingerprint density at radius 3 is 2.76 bits per heavy atom. The largest absolute Gasteiger partial charge is 0.453 e. The molecule has 0 bridgehead atoms. The van der Waals surface area contributed by atoms with Gasteiger partial charge in [0, 0.05) is 19.3 Å². The van der Waals surface area contributed by atoms with E-state index < -0.39 is 0 Å². The van der Waals surface area contributed by atoms with Crippen molar-refractivity contribution in [2.75, 3.05) is 0 Å². The van der Waals surface area contributed by atoms with Crippen LogP contribution in [0.5, 0.6) is 11.5 Å². The molecule has 0 aromatic carbocycles. The average molecular weight is 252 g/mol. The van der Waals surface area contributed by atoms with Gasteiger partial charge in [0.2, 0.25) is 0 Å². The van der Waals surface area contributed by atoms with Gasteiger partial charge in [-0.1, -0.05) is 0 Å². The molecule has 0 spiro atoms. The maximum Gasteiger partial charge on any atom is 0.171 e. The number of hydrogen-bond donors (Lipinski definition) is 0. The number of alkyl halides is 1. The number of aryl methyl sites for hydroxylation is 2. The molecular weight excluding hydrogens is 238 g/mol. The van der Waals surface area contributed by atoms with E-state index in [2.05, 4.69) is 10.1 Å². The molecule has 17 heavy (non-hydrogen) atoms. The summed E-state index contributed by atoms with van der Waals surface area (Å²) in [5.74, 6) is 1.90. The zero-order valence-electron chi connectivity index (χ0n) is 10.1. The van der Waals surface area contributed by atoms with Gasteiger partial charge in [-0.3, -0.25) is 9.67 Å². The highest BCUT2D eigenvalue weighted by Crippen LogP contribution is 2.28. The van der Waals surface area contributed by atoms with Crippen LogP contribution < -0.4 is 4.74 Å². The third-order valence-corrected chi connectivity index (χ3v) is 2.86. The van der Waals surface area contributed by atoms with E-state index in [0.29, 0.717) is 5.88 Å². The molecule has 90 valence electrons. The lowest BCUT2D eigenvalue weighted by molar-refractivity contribution is 0.473. The lowest BCUT2D eigenvalue weighted by Crippen LogP contribution is -1.93. The van der Waals surface area contributed by atoms with Crippen LogP contribution in [0.1, 0.15) is 17.1 Å². The van der Waals surface area contributed by atoms with E-state index in [-0.39, 0.29) is 0 Å². The summed E-state index contributed by atoms with van der Waals surface area (Å²) in [7, 11) is 1.89. The second-order valence-corrected chi connectivity index (χ2v) is 4.11. The van der Waals surface area contributed by atoms with Gasteiger partial charge in [-0.05, 0) is 19.9 Å². The highest BCUT2D eigenvalue weighted by Gasteiger charge is 2.11. The lowest BCUT2D eigenvalue weighted by atomic mass is 10.3. The van der Waals surface area contributed by atoms with Gasteiger partial charge in [-0.2, -0.15) is 5.10 Å². The van der Waals surface area contributed by atoms with Crippen LogP contribution in [0.3, 0.4) is 0 Å². The van der Waals surface area contributed by atoms with Crippen LogP contribution in [0.25, 0.3) is 0 Å². The van der Waals surface area contributed by atoms with Crippen molar-refractivity contribution >= 4 is 11.6 Å². The number of nitrogens with zero attached hydrogens (tertiary/aromatic N) is 3. The van der Waals surface area contributed by atoms with Crippen molar-refractivity contribution in [3.63, 3.8) is 0 Å². The fourth-order valence-electron chi connectivity index (χ4n) is 1.61. The second-order valence-electron chi connectivity index (χ2n) is 3.84. The van der Waals surface area contributed by atoms with Gasteiger partial charge >= 0.3 is 0 Å². The van der Waals surface area contributed by atoms with Crippen molar-refractivity contribution in [1.29, 1.82) is 0 Å². The molecule has 2 heterocycles. The Bertz CT molecular complexity index is 537. The van der Waals surface area contributed by atoms with Gasteiger partial charge in [-0.25, -0.2) is 0 Å². The number of pyridine rings is 1. The minimum absolute atomic E-state index is 0.377. The van der Waals surface area contributed by atoms with E-state index in [9.17, 15) is 0 Å². The Hall–Kier alpha value is -1.55. The first-order chi connectivity index (χ1) is 8.11. The quantitative estimate of drug-likeness (QED) is 0.788. The standard InChI is InChI=1S/C12H14ClN3O/c1-8-12(9(2)16(3)15-8)17-11-4-5-14-10(6-11)7-13/h4-6H,7H2,1-3H3. The van der Waals surface area contributed by atoms with Crippen LogP contribution in [-0.4, -0.2) is 14.8 Å². The maximum absolute atomic E-state index is 5.82. The van der Waals surface area contributed by atoms with E-state index in [4.69, 9.17) is 16.3 Å². The molecular formula is C12H14ClN3O. The second kappa shape index (κ2) is 4.75. The number of halogens is 1. The Labute approximate surface area is 105 Å². The van der Waals surface area contributed by atoms with Crippen LogP contribution in [0.4, 0.5) is 0 Å². The highest BCUT2D eigenvalue weighted by atomic mass is 35.5. The molecule has 0 saturated carbocycles. The molecule has 0 aliphatic carbocycles. The predicted octanol–water partition coefficient (Wildman–Crippen LogP) is 2.96. The first kappa shape index (κ1) is 11.9. The van der Waals surface area contributed by atoms with Gasteiger partial charge in [0.25, 0.3) is 0 Å². The Balaban J connectivity index is 2.31. The summed E-state index contributed by atoms with van der Waals surface area (Å²) in [5.41, 5.74) is 2.66. The molecule has 0 unspecified atom stereocenters. The Kier molecular flexibility index (Phi) is 3.33. The average Bonchev–Trinajstić information content (AvgIpc) is 2.56. The summed E-state index contributed by atoms with van der Waals surface area (Å²) in [6, 6.07) is 3.64. The van der Waals surface area contributed by atoms with Crippen molar-refractivity contribution in [3.8, 4) is 11.5 Å². The smallest absolute Gasteiger partial charge is 0.171 e. The van der Waals surface area contributed by atoms with Gasteiger partial charge < -0.3 is 4.74 Å². The van der Waals surface area contributed by atoms with Crippen molar-refractivity contribution in [2.45, 2.75) is 19.7 Å². The predicted molar refractivity (Wildman–Crippen MR) is 66.6 cm³/mol. The maximum atomic E-state index is 5.82. The molecule has 0 fully saturated rings. The zero-order valence-corrected chi connectivity index (χ0v) is 10.8. The molecule has 0 N–H and O–H groups in total. The molecule has 5 heteroatoms. The molecule has 0 atom stereocenters. The third kappa shape index (κ3) is 2.42. The van der Waals surface area contributed by atoms with E-state index in [0.717, 1.165) is 28.6 Å². The summed E-state index contributed by atoms with van der Waals surface area (Å²) in [5, 5.41) is 4.30. The van der Waals surface area contributed by atoms with Crippen LogP contribution in [0.15, 0.2) is 18.3 Å².